The highest BCUT2D eigenvalue weighted by Gasteiger charge is 2.35. The Bertz CT molecular complexity index is 1050. The first-order chi connectivity index (χ1) is 14.3. The van der Waals surface area contributed by atoms with Crippen molar-refractivity contribution in [3.63, 3.8) is 0 Å². The van der Waals surface area contributed by atoms with Gasteiger partial charge in [0.05, 0.1) is 5.52 Å². The van der Waals surface area contributed by atoms with Crippen LogP contribution in [0.5, 0.6) is 0 Å². The lowest BCUT2D eigenvalue weighted by Gasteiger charge is -2.23. The number of hydrogen-bond donors (Lipinski definition) is 0. The van der Waals surface area contributed by atoms with Crippen molar-refractivity contribution >= 4 is 63.3 Å². The van der Waals surface area contributed by atoms with Crippen molar-refractivity contribution in [1.82, 2.24) is 4.98 Å². The molecule has 30 heavy (non-hydrogen) atoms. The van der Waals surface area contributed by atoms with Gasteiger partial charge in [-0.2, -0.15) is 0 Å². The number of para-hydroxylation sites is 1. The van der Waals surface area contributed by atoms with E-state index in [1.165, 1.54) is 6.08 Å². The molecule has 0 aliphatic rings. The second-order valence-corrected chi connectivity index (χ2v) is 9.43. The van der Waals surface area contributed by atoms with E-state index in [4.69, 9.17) is 34.8 Å². The predicted octanol–water partition coefficient (Wildman–Crippen LogP) is 6.40. The second-order valence-electron chi connectivity index (χ2n) is 7.06. The van der Waals surface area contributed by atoms with Gasteiger partial charge in [-0.05, 0) is 23.3 Å². The molecule has 0 aliphatic carbocycles. The number of pyridine rings is 1. The van der Waals surface area contributed by atoms with E-state index >= 15 is 0 Å². The van der Waals surface area contributed by atoms with E-state index in [0.29, 0.717) is 0 Å². The SMILES string of the molecule is O=C(/C=C/c1ccccc1)CC(CC(=O)Cc1cccc2cccnc12)C(Cl)(Cl)Cl. The highest BCUT2D eigenvalue weighted by molar-refractivity contribution is 6.67. The minimum absolute atomic E-state index is 0.00929. The number of ketones is 2. The number of alkyl halides is 3. The Balaban J connectivity index is 1.68. The molecule has 3 aromatic rings. The first kappa shape index (κ1) is 22.5. The fraction of sp³-hybridized carbons (Fsp3) is 0.208. The lowest BCUT2D eigenvalue weighted by Crippen LogP contribution is -2.25. The molecule has 0 saturated carbocycles. The van der Waals surface area contributed by atoms with Crippen LogP contribution in [0.25, 0.3) is 17.0 Å². The number of carbonyl (C=O) groups is 2. The normalized spacial score (nSPS) is 12.9. The zero-order valence-corrected chi connectivity index (χ0v) is 18.4. The molecule has 3 rings (SSSR count). The Hall–Kier alpha value is -2.20. The summed E-state index contributed by atoms with van der Waals surface area (Å²) in [5, 5.41) is 0.960. The summed E-state index contributed by atoms with van der Waals surface area (Å²) < 4.78 is -1.72. The third kappa shape index (κ3) is 6.40. The number of allylic oxidation sites excluding steroid dienone is 1. The van der Waals surface area contributed by atoms with Crippen LogP contribution in [0.15, 0.2) is 72.9 Å². The molecule has 3 nitrogen and oxygen atoms in total. The van der Waals surface area contributed by atoms with Gasteiger partial charge in [-0.1, -0.05) is 95.5 Å². The fourth-order valence-corrected chi connectivity index (χ4v) is 3.70. The standard InChI is InChI=1S/C24H20Cl3NO2/c25-24(26,27)20(15-21(29)12-11-17-6-2-1-3-7-17)16-22(30)14-19-9-4-8-18-10-5-13-28-23(18)19/h1-13,20H,14-16H2/b12-11+. The van der Waals surface area contributed by atoms with Crippen LogP contribution in [-0.4, -0.2) is 20.3 Å². The quantitative estimate of drug-likeness (QED) is 0.289. The van der Waals surface area contributed by atoms with Crippen molar-refractivity contribution in [1.29, 1.82) is 0 Å². The first-order valence-corrected chi connectivity index (χ1v) is 10.6. The Kier molecular flexibility index (Phi) is 7.65. The van der Waals surface area contributed by atoms with Gasteiger partial charge >= 0.3 is 0 Å². The highest BCUT2D eigenvalue weighted by Crippen LogP contribution is 2.39. The van der Waals surface area contributed by atoms with E-state index in [0.717, 1.165) is 22.0 Å². The first-order valence-electron chi connectivity index (χ1n) is 9.50. The third-order valence-electron chi connectivity index (χ3n) is 4.75. The molecule has 0 saturated heterocycles. The number of hydrogen-bond acceptors (Lipinski definition) is 3. The average molecular weight is 461 g/mol. The number of Topliss-reactive ketones (excluding diaryl/α,β-unsaturated/α-hetero) is 1. The van der Waals surface area contributed by atoms with Crippen molar-refractivity contribution in [2.24, 2.45) is 5.92 Å². The van der Waals surface area contributed by atoms with Crippen LogP contribution in [-0.2, 0) is 16.0 Å². The van der Waals surface area contributed by atoms with E-state index in [-0.39, 0.29) is 30.8 Å². The van der Waals surface area contributed by atoms with Crippen LogP contribution >= 0.6 is 34.8 Å². The van der Waals surface area contributed by atoms with E-state index in [1.54, 1.807) is 12.3 Å². The third-order valence-corrected chi connectivity index (χ3v) is 5.68. The summed E-state index contributed by atoms with van der Waals surface area (Å²) in [4.78, 5) is 29.5. The topological polar surface area (TPSA) is 47.0 Å². The molecule has 1 heterocycles. The van der Waals surface area contributed by atoms with Gasteiger partial charge in [-0.3, -0.25) is 14.6 Å². The summed E-state index contributed by atoms with van der Waals surface area (Å²) in [5.41, 5.74) is 2.49. The number of nitrogens with zero attached hydrogens (tertiary/aromatic N) is 1. The van der Waals surface area contributed by atoms with Gasteiger partial charge in [0, 0.05) is 36.8 Å². The fourth-order valence-electron chi connectivity index (χ4n) is 3.24. The molecule has 0 spiro atoms. The van der Waals surface area contributed by atoms with Crippen molar-refractivity contribution < 1.29 is 9.59 Å². The molecule has 0 aliphatic heterocycles. The lowest BCUT2D eigenvalue weighted by molar-refractivity contribution is -0.120. The van der Waals surface area contributed by atoms with Gasteiger partial charge in [0.25, 0.3) is 0 Å². The molecule has 154 valence electrons. The van der Waals surface area contributed by atoms with Gasteiger partial charge in [0.1, 0.15) is 5.78 Å². The van der Waals surface area contributed by atoms with Crippen molar-refractivity contribution in [3.8, 4) is 0 Å². The van der Waals surface area contributed by atoms with E-state index in [2.05, 4.69) is 4.98 Å². The predicted molar refractivity (Wildman–Crippen MR) is 124 cm³/mol. The zero-order valence-electron chi connectivity index (χ0n) is 16.1. The van der Waals surface area contributed by atoms with Crippen LogP contribution in [0.4, 0.5) is 0 Å². The summed E-state index contributed by atoms with van der Waals surface area (Å²) in [6, 6.07) is 18.9. The van der Waals surface area contributed by atoms with E-state index in [9.17, 15) is 9.59 Å². The maximum atomic E-state index is 12.7. The number of carbonyl (C=O) groups excluding carboxylic acids is 2. The van der Waals surface area contributed by atoms with Gasteiger partial charge in [0.2, 0.25) is 0 Å². The summed E-state index contributed by atoms with van der Waals surface area (Å²) in [5.74, 6) is -1.02. The van der Waals surface area contributed by atoms with Gasteiger partial charge in [-0.15, -0.1) is 0 Å². The second kappa shape index (κ2) is 10.2. The number of rotatable bonds is 8. The Morgan fingerprint density at radius 1 is 0.933 bits per heavy atom. The molecule has 0 amide bonds. The summed E-state index contributed by atoms with van der Waals surface area (Å²) >= 11 is 18.3. The smallest absolute Gasteiger partial charge is 0.194 e. The van der Waals surface area contributed by atoms with E-state index in [1.807, 2.05) is 60.7 Å². The molecule has 0 N–H and O–H groups in total. The minimum atomic E-state index is -1.72. The molecule has 0 radical (unpaired) electrons. The van der Waals surface area contributed by atoms with Crippen molar-refractivity contribution in [2.45, 2.75) is 23.1 Å². The maximum absolute atomic E-state index is 12.7. The Morgan fingerprint density at radius 2 is 1.67 bits per heavy atom. The number of halogens is 3. The van der Waals surface area contributed by atoms with Crippen LogP contribution in [0, 0.1) is 5.92 Å². The monoisotopic (exact) mass is 459 g/mol. The number of benzene rings is 2. The van der Waals surface area contributed by atoms with Crippen molar-refractivity contribution in [3.05, 3.63) is 84.1 Å². The zero-order chi connectivity index (χ0) is 21.6. The lowest BCUT2D eigenvalue weighted by atomic mass is 9.94. The van der Waals surface area contributed by atoms with Crippen LogP contribution in [0.1, 0.15) is 24.0 Å². The molecule has 1 unspecified atom stereocenters. The van der Waals surface area contributed by atoms with Crippen molar-refractivity contribution in [2.75, 3.05) is 0 Å². The molecule has 6 heteroatoms. The molecule has 0 fully saturated rings. The van der Waals surface area contributed by atoms with Crippen LogP contribution in [0.2, 0.25) is 0 Å². The number of fused-ring (bicyclic) bond motifs is 1. The molecule has 1 aromatic heterocycles. The van der Waals surface area contributed by atoms with Gasteiger partial charge < -0.3 is 0 Å². The van der Waals surface area contributed by atoms with Crippen LogP contribution < -0.4 is 0 Å². The Morgan fingerprint density at radius 3 is 2.40 bits per heavy atom. The molecule has 0 bridgehead atoms. The summed E-state index contributed by atoms with van der Waals surface area (Å²) in [6.45, 7) is 0. The molecular weight excluding hydrogens is 441 g/mol. The van der Waals surface area contributed by atoms with E-state index < -0.39 is 9.71 Å². The average Bonchev–Trinajstić information content (AvgIpc) is 2.72. The van der Waals surface area contributed by atoms with Gasteiger partial charge in [0.15, 0.2) is 9.58 Å². The summed E-state index contributed by atoms with van der Waals surface area (Å²) in [6.07, 6.45) is 4.99. The molecule has 2 aromatic carbocycles. The number of aromatic nitrogens is 1. The largest absolute Gasteiger partial charge is 0.299 e. The maximum Gasteiger partial charge on any atom is 0.194 e. The van der Waals surface area contributed by atoms with Crippen LogP contribution in [0.3, 0.4) is 0 Å². The summed E-state index contributed by atoms with van der Waals surface area (Å²) in [7, 11) is 0. The Labute approximate surface area is 190 Å². The highest BCUT2D eigenvalue weighted by atomic mass is 35.6. The minimum Gasteiger partial charge on any atom is -0.299 e. The molecular formula is C24H20Cl3NO2. The molecule has 1 atom stereocenters. The van der Waals surface area contributed by atoms with Gasteiger partial charge in [-0.25, -0.2) is 0 Å².